The summed E-state index contributed by atoms with van der Waals surface area (Å²) in [5.41, 5.74) is -0.170. The molecule has 1 saturated carbocycles. The lowest BCUT2D eigenvalue weighted by Crippen LogP contribution is -2.60. The fourth-order valence-electron chi connectivity index (χ4n) is 6.27. The van der Waals surface area contributed by atoms with Crippen LogP contribution < -0.4 is 14.8 Å². The van der Waals surface area contributed by atoms with E-state index in [1.165, 1.54) is 38.8 Å². The Morgan fingerprint density at radius 1 is 1.03 bits per heavy atom. The van der Waals surface area contributed by atoms with E-state index in [1.54, 1.807) is 32.4 Å². The van der Waals surface area contributed by atoms with Gasteiger partial charge in [0.2, 0.25) is 12.3 Å². The molecule has 33 heavy (non-hydrogen) atoms. The minimum absolute atomic E-state index is 0.0964. The van der Waals surface area contributed by atoms with Crippen LogP contribution in [0.25, 0.3) is 0 Å². The molecule has 1 N–H and O–H groups in total. The highest BCUT2D eigenvalue weighted by Crippen LogP contribution is 2.38. The Labute approximate surface area is 197 Å². The highest BCUT2D eigenvalue weighted by atomic mass is 16.5. The smallest absolute Gasteiger partial charge is 0.250 e. The van der Waals surface area contributed by atoms with Crippen LogP contribution in [0.3, 0.4) is 0 Å². The highest BCUT2D eigenvalue weighted by Gasteiger charge is 2.46. The zero-order chi connectivity index (χ0) is 23.3. The number of fused-ring (bicyclic) bond motifs is 1. The van der Waals surface area contributed by atoms with Crippen LogP contribution in [-0.4, -0.2) is 67.6 Å². The third-order valence-corrected chi connectivity index (χ3v) is 8.05. The summed E-state index contributed by atoms with van der Waals surface area (Å²) in [5.74, 6) is 1.58. The van der Waals surface area contributed by atoms with Crippen molar-refractivity contribution in [3.05, 3.63) is 18.2 Å². The summed E-state index contributed by atoms with van der Waals surface area (Å²) in [6.07, 6.45) is 11.4. The Bertz CT molecular complexity index is 800. The minimum Gasteiger partial charge on any atom is -0.497 e. The van der Waals surface area contributed by atoms with Crippen molar-refractivity contribution in [2.75, 3.05) is 39.2 Å². The van der Waals surface area contributed by atoms with E-state index >= 15 is 0 Å². The number of carbonyl (C=O) groups excluding carboxylic acids is 2. The molecule has 7 heteroatoms. The van der Waals surface area contributed by atoms with Crippen LogP contribution in [0.15, 0.2) is 18.2 Å². The summed E-state index contributed by atoms with van der Waals surface area (Å²) in [7, 11) is 3.19. The van der Waals surface area contributed by atoms with Gasteiger partial charge in [-0.15, -0.1) is 0 Å². The average Bonchev–Trinajstić information content (AvgIpc) is 2.87. The van der Waals surface area contributed by atoms with Crippen LogP contribution in [-0.2, 0) is 9.59 Å². The maximum absolute atomic E-state index is 13.8. The predicted molar refractivity (Wildman–Crippen MR) is 129 cm³/mol. The SMILES string of the molecule is COc1cc(NC(=O)C2(N(C=O)CC3CCCN4CCCCC34)CCCCC2)cc(OC)c1. The van der Waals surface area contributed by atoms with Crippen LogP contribution >= 0.6 is 0 Å². The van der Waals surface area contributed by atoms with Crippen molar-refractivity contribution in [1.29, 1.82) is 0 Å². The largest absolute Gasteiger partial charge is 0.497 e. The first kappa shape index (κ1) is 23.9. The van der Waals surface area contributed by atoms with Gasteiger partial charge in [0.15, 0.2) is 0 Å². The second-order valence-electron chi connectivity index (χ2n) is 9.91. The number of nitrogens with zero attached hydrogens (tertiary/aromatic N) is 2. The summed E-state index contributed by atoms with van der Waals surface area (Å²) < 4.78 is 10.7. The molecular formula is C26H39N3O4. The molecular weight excluding hydrogens is 418 g/mol. The fourth-order valence-corrected chi connectivity index (χ4v) is 6.27. The summed E-state index contributed by atoms with van der Waals surface area (Å²) in [6, 6.07) is 5.91. The minimum atomic E-state index is -0.798. The van der Waals surface area contributed by atoms with Crippen molar-refractivity contribution in [2.45, 2.75) is 75.8 Å². The van der Waals surface area contributed by atoms with Gasteiger partial charge in [0, 0.05) is 36.5 Å². The molecule has 2 saturated heterocycles. The molecule has 182 valence electrons. The van der Waals surface area contributed by atoms with Gasteiger partial charge in [-0.25, -0.2) is 0 Å². The fraction of sp³-hybridized carbons (Fsp3) is 0.692. The van der Waals surface area contributed by atoms with Crippen molar-refractivity contribution >= 4 is 18.0 Å². The average molecular weight is 458 g/mol. The summed E-state index contributed by atoms with van der Waals surface area (Å²) in [5, 5.41) is 3.10. The van der Waals surface area contributed by atoms with E-state index in [9.17, 15) is 9.59 Å². The van der Waals surface area contributed by atoms with Crippen LogP contribution in [0.2, 0.25) is 0 Å². The van der Waals surface area contributed by atoms with E-state index in [-0.39, 0.29) is 5.91 Å². The predicted octanol–water partition coefficient (Wildman–Crippen LogP) is 4.07. The molecule has 2 atom stereocenters. The number of piperidine rings is 2. The number of amides is 2. The summed E-state index contributed by atoms with van der Waals surface area (Å²) >= 11 is 0. The second kappa shape index (κ2) is 10.8. The summed E-state index contributed by atoms with van der Waals surface area (Å²) in [6.45, 7) is 3.01. The third-order valence-electron chi connectivity index (χ3n) is 8.05. The van der Waals surface area contributed by atoms with Gasteiger partial charge in [-0.2, -0.15) is 0 Å². The van der Waals surface area contributed by atoms with Crippen LogP contribution in [0.4, 0.5) is 5.69 Å². The van der Waals surface area contributed by atoms with Crippen LogP contribution in [0.1, 0.15) is 64.2 Å². The van der Waals surface area contributed by atoms with E-state index in [1.807, 2.05) is 4.90 Å². The lowest BCUT2D eigenvalue weighted by molar-refractivity contribution is -0.141. The Kier molecular flexibility index (Phi) is 7.78. The number of nitrogens with one attached hydrogen (secondary N) is 1. The monoisotopic (exact) mass is 457 g/mol. The molecule has 1 aliphatic carbocycles. The third kappa shape index (κ3) is 5.13. The molecule has 7 nitrogen and oxygen atoms in total. The van der Waals surface area contributed by atoms with Crippen molar-refractivity contribution < 1.29 is 19.1 Å². The van der Waals surface area contributed by atoms with Gasteiger partial charge in [0.1, 0.15) is 17.0 Å². The van der Waals surface area contributed by atoms with E-state index in [0.717, 1.165) is 32.1 Å². The van der Waals surface area contributed by atoms with Gasteiger partial charge < -0.3 is 24.6 Å². The zero-order valence-electron chi connectivity index (χ0n) is 20.2. The number of rotatable bonds is 8. The topological polar surface area (TPSA) is 71.1 Å². The van der Waals surface area contributed by atoms with Gasteiger partial charge in [0.05, 0.1) is 14.2 Å². The molecule has 0 bridgehead atoms. The van der Waals surface area contributed by atoms with E-state index in [2.05, 4.69) is 10.2 Å². The normalized spacial score (nSPS) is 24.9. The standard InChI is InChI=1S/C26H39N3O4/c1-32-22-15-21(16-23(17-22)33-2)27-25(31)26(11-5-3-6-12-26)29(19-30)18-20-9-8-14-28-13-7-4-10-24(20)28/h15-17,19-20,24H,3-14,18H2,1-2H3,(H,27,31). The van der Waals surface area contributed by atoms with Crippen molar-refractivity contribution in [3.8, 4) is 11.5 Å². The first-order chi connectivity index (χ1) is 16.1. The lowest BCUT2D eigenvalue weighted by atomic mass is 9.77. The van der Waals surface area contributed by atoms with Gasteiger partial charge >= 0.3 is 0 Å². The van der Waals surface area contributed by atoms with Crippen molar-refractivity contribution in [3.63, 3.8) is 0 Å². The number of anilines is 1. The highest BCUT2D eigenvalue weighted by molar-refractivity contribution is 5.99. The molecule has 0 radical (unpaired) electrons. The van der Waals surface area contributed by atoms with Crippen LogP contribution in [0, 0.1) is 5.92 Å². The van der Waals surface area contributed by atoms with E-state index < -0.39 is 5.54 Å². The molecule has 2 amide bonds. The van der Waals surface area contributed by atoms with E-state index in [4.69, 9.17) is 9.47 Å². The molecule has 2 heterocycles. The lowest BCUT2D eigenvalue weighted by Gasteiger charge is -2.49. The van der Waals surface area contributed by atoms with Crippen LogP contribution in [0.5, 0.6) is 11.5 Å². The quantitative estimate of drug-likeness (QED) is 0.596. The van der Waals surface area contributed by atoms with Gasteiger partial charge in [0.25, 0.3) is 0 Å². The molecule has 3 aliphatic rings. The number of hydrogen-bond donors (Lipinski definition) is 1. The number of carbonyl (C=O) groups is 2. The first-order valence-corrected chi connectivity index (χ1v) is 12.6. The van der Waals surface area contributed by atoms with Gasteiger partial charge in [-0.3, -0.25) is 9.59 Å². The summed E-state index contributed by atoms with van der Waals surface area (Å²) in [4.78, 5) is 30.8. The second-order valence-corrected chi connectivity index (χ2v) is 9.91. The van der Waals surface area contributed by atoms with E-state index in [0.29, 0.717) is 48.5 Å². The maximum atomic E-state index is 13.8. The molecule has 0 aromatic heterocycles. The van der Waals surface area contributed by atoms with Gasteiger partial charge in [-0.05, 0) is 57.5 Å². The number of hydrogen-bond acceptors (Lipinski definition) is 5. The number of ether oxygens (including phenoxy) is 2. The Morgan fingerprint density at radius 2 is 1.73 bits per heavy atom. The molecule has 4 rings (SSSR count). The Hall–Kier alpha value is -2.28. The Balaban J connectivity index is 1.56. The van der Waals surface area contributed by atoms with Crippen molar-refractivity contribution in [2.24, 2.45) is 5.92 Å². The molecule has 2 unspecified atom stereocenters. The maximum Gasteiger partial charge on any atom is 0.250 e. The number of methoxy groups -OCH3 is 2. The molecule has 3 fully saturated rings. The van der Waals surface area contributed by atoms with Gasteiger partial charge in [-0.1, -0.05) is 25.7 Å². The van der Waals surface area contributed by atoms with Crippen molar-refractivity contribution in [1.82, 2.24) is 9.80 Å². The molecule has 0 spiro atoms. The molecule has 1 aromatic carbocycles. The Morgan fingerprint density at radius 3 is 2.39 bits per heavy atom. The first-order valence-electron chi connectivity index (χ1n) is 12.6. The molecule has 1 aromatic rings. The zero-order valence-corrected chi connectivity index (χ0v) is 20.2. The number of benzene rings is 1. The molecule has 2 aliphatic heterocycles.